The Balaban J connectivity index is 0.00000161. The van der Waals surface area contributed by atoms with Gasteiger partial charge in [0.2, 0.25) is 10.0 Å². The van der Waals surface area contributed by atoms with Gasteiger partial charge in [-0.3, -0.25) is 0 Å². The Morgan fingerprint density at radius 1 is 1.24 bits per heavy atom. The van der Waals surface area contributed by atoms with Crippen LogP contribution in [0.1, 0.15) is 6.92 Å². The Hall–Kier alpha value is -1.02. The molecule has 0 unspecified atom stereocenters. The van der Waals surface area contributed by atoms with E-state index < -0.39 is 10.0 Å². The number of sulfonamides is 1. The highest BCUT2D eigenvalue weighted by Crippen LogP contribution is 2.33. The number of fused-ring (bicyclic) bond motifs is 1. The lowest BCUT2D eigenvalue weighted by atomic mass is 10.3. The Morgan fingerprint density at radius 3 is 2.67 bits per heavy atom. The average Bonchev–Trinajstić information content (AvgIpc) is 2.47. The van der Waals surface area contributed by atoms with Crippen molar-refractivity contribution in [1.82, 2.24) is 9.62 Å². The van der Waals surface area contributed by atoms with E-state index in [0.717, 1.165) is 0 Å². The fourth-order valence-corrected chi connectivity index (χ4v) is 4.15. The van der Waals surface area contributed by atoms with E-state index in [9.17, 15) is 8.42 Å². The summed E-state index contributed by atoms with van der Waals surface area (Å²) < 4.78 is 37.8. The highest BCUT2D eigenvalue weighted by molar-refractivity contribution is 7.89. The maximum atomic E-state index is 12.7. The molecule has 1 atom stereocenters. The first-order valence-corrected chi connectivity index (χ1v) is 8.15. The number of piperazine rings is 1. The summed E-state index contributed by atoms with van der Waals surface area (Å²) in [6, 6.07) is 4.74. The normalized spacial score (nSPS) is 22.4. The van der Waals surface area contributed by atoms with Crippen molar-refractivity contribution in [3.63, 3.8) is 0 Å². The SMILES string of the molecule is C[C@@H]1CNCCN1S(=O)(=O)c1ccc2c(c1)OCCO2.Cl. The minimum absolute atomic E-state index is 0. The third-order valence-corrected chi connectivity index (χ3v) is 5.57. The standard InChI is InChI=1S/C13H18N2O4S.ClH/c1-10-9-14-4-5-15(10)20(16,17)11-2-3-12-13(8-11)19-7-6-18-12;/h2-3,8,10,14H,4-7,9H2,1H3;1H/t10-;/m1./s1. The molecule has 1 fully saturated rings. The monoisotopic (exact) mass is 334 g/mol. The molecule has 2 aliphatic heterocycles. The van der Waals surface area contributed by atoms with E-state index in [-0.39, 0.29) is 23.3 Å². The number of ether oxygens (including phenoxy) is 2. The molecule has 21 heavy (non-hydrogen) atoms. The second-order valence-corrected chi connectivity index (χ2v) is 6.86. The van der Waals surface area contributed by atoms with Gasteiger partial charge in [0.25, 0.3) is 0 Å². The summed E-state index contributed by atoms with van der Waals surface area (Å²) in [6.45, 7) is 4.67. The Bertz CT molecular complexity index is 608. The minimum atomic E-state index is -3.49. The summed E-state index contributed by atoms with van der Waals surface area (Å²) in [5.41, 5.74) is 0. The van der Waals surface area contributed by atoms with Crippen LogP contribution >= 0.6 is 12.4 Å². The van der Waals surface area contributed by atoms with E-state index in [0.29, 0.717) is 44.3 Å². The lowest BCUT2D eigenvalue weighted by Gasteiger charge is -2.33. The number of benzene rings is 1. The van der Waals surface area contributed by atoms with Crippen LogP contribution in [0.5, 0.6) is 11.5 Å². The van der Waals surface area contributed by atoms with E-state index >= 15 is 0 Å². The summed E-state index contributed by atoms with van der Waals surface area (Å²) >= 11 is 0. The highest BCUT2D eigenvalue weighted by atomic mass is 35.5. The molecule has 2 aliphatic rings. The first-order chi connectivity index (χ1) is 9.59. The second kappa shape index (κ2) is 6.39. The molecule has 1 saturated heterocycles. The molecule has 0 bridgehead atoms. The Kier molecular flexibility index (Phi) is 4.98. The van der Waals surface area contributed by atoms with Crippen molar-refractivity contribution in [2.24, 2.45) is 0 Å². The van der Waals surface area contributed by atoms with Crippen molar-refractivity contribution >= 4 is 22.4 Å². The van der Waals surface area contributed by atoms with Crippen LogP contribution in [-0.4, -0.2) is 51.6 Å². The van der Waals surface area contributed by atoms with Crippen LogP contribution in [0.3, 0.4) is 0 Å². The molecule has 0 aromatic heterocycles. The number of halogens is 1. The van der Waals surface area contributed by atoms with E-state index in [1.807, 2.05) is 6.92 Å². The highest BCUT2D eigenvalue weighted by Gasteiger charge is 2.31. The van der Waals surface area contributed by atoms with Gasteiger partial charge in [-0.05, 0) is 19.1 Å². The van der Waals surface area contributed by atoms with Crippen molar-refractivity contribution in [3.05, 3.63) is 18.2 Å². The largest absolute Gasteiger partial charge is 0.486 e. The Morgan fingerprint density at radius 2 is 1.95 bits per heavy atom. The predicted molar refractivity (Wildman–Crippen MR) is 80.9 cm³/mol. The van der Waals surface area contributed by atoms with Crippen molar-refractivity contribution in [3.8, 4) is 11.5 Å². The molecule has 1 N–H and O–H groups in total. The van der Waals surface area contributed by atoms with Gasteiger partial charge in [0.1, 0.15) is 13.2 Å². The maximum absolute atomic E-state index is 12.7. The summed E-state index contributed by atoms with van der Waals surface area (Å²) in [5.74, 6) is 1.10. The summed E-state index contributed by atoms with van der Waals surface area (Å²) in [7, 11) is -3.49. The van der Waals surface area contributed by atoms with E-state index in [2.05, 4.69) is 5.32 Å². The average molecular weight is 335 g/mol. The molecule has 2 heterocycles. The van der Waals surface area contributed by atoms with Crippen molar-refractivity contribution in [1.29, 1.82) is 0 Å². The molecule has 118 valence electrons. The molecule has 0 radical (unpaired) electrons. The molecule has 0 amide bonds. The van der Waals surface area contributed by atoms with Gasteiger partial charge < -0.3 is 14.8 Å². The molecule has 0 spiro atoms. The van der Waals surface area contributed by atoms with Gasteiger partial charge in [0, 0.05) is 31.7 Å². The van der Waals surface area contributed by atoms with Crippen LogP contribution in [0, 0.1) is 0 Å². The van der Waals surface area contributed by atoms with Crippen LogP contribution in [0.25, 0.3) is 0 Å². The smallest absolute Gasteiger partial charge is 0.243 e. The van der Waals surface area contributed by atoms with Crippen molar-refractivity contribution in [2.45, 2.75) is 17.9 Å². The lowest BCUT2D eigenvalue weighted by Crippen LogP contribution is -2.52. The molecule has 0 saturated carbocycles. The van der Waals surface area contributed by atoms with Crippen molar-refractivity contribution in [2.75, 3.05) is 32.8 Å². The molecule has 1 aromatic rings. The molecule has 8 heteroatoms. The van der Waals surface area contributed by atoms with Gasteiger partial charge >= 0.3 is 0 Å². The third kappa shape index (κ3) is 3.11. The molecule has 3 rings (SSSR count). The summed E-state index contributed by atoms with van der Waals surface area (Å²) in [5, 5.41) is 3.19. The number of rotatable bonds is 2. The van der Waals surface area contributed by atoms with Crippen molar-refractivity contribution < 1.29 is 17.9 Å². The van der Waals surface area contributed by atoms with Gasteiger partial charge in [0.05, 0.1) is 4.90 Å². The third-order valence-electron chi connectivity index (χ3n) is 3.56. The van der Waals surface area contributed by atoms with E-state index in [1.54, 1.807) is 18.2 Å². The second-order valence-electron chi connectivity index (χ2n) is 4.97. The van der Waals surface area contributed by atoms with Crippen LogP contribution < -0.4 is 14.8 Å². The van der Waals surface area contributed by atoms with Gasteiger partial charge in [0.15, 0.2) is 11.5 Å². The zero-order chi connectivity index (χ0) is 14.2. The van der Waals surface area contributed by atoms with E-state index in [4.69, 9.17) is 9.47 Å². The zero-order valence-electron chi connectivity index (χ0n) is 11.7. The Labute approximate surface area is 130 Å². The summed E-state index contributed by atoms with van der Waals surface area (Å²) in [6.07, 6.45) is 0. The number of nitrogens with zero attached hydrogens (tertiary/aromatic N) is 1. The topological polar surface area (TPSA) is 67.9 Å². The maximum Gasteiger partial charge on any atom is 0.243 e. The fraction of sp³-hybridized carbons (Fsp3) is 0.538. The van der Waals surface area contributed by atoms with Gasteiger partial charge in [-0.25, -0.2) is 8.42 Å². The summed E-state index contributed by atoms with van der Waals surface area (Å²) in [4.78, 5) is 0.260. The van der Waals surface area contributed by atoms with Crippen LogP contribution in [0.4, 0.5) is 0 Å². The van der Waals surface area contributed by atoms with Crippen LogP contribution in [0.2, 0.25) is 0 Å². The first-order valence-electron chi connectivity index (χ1n) is 6.71. The molecule has 6 nitrogen and oxygen atoms in total. The molecular formula is C13H19ClN2O4S. The quantitative estimate of drug-likeness (QED) is 0.869. The first kappa shape index (κ1) is 16.4. The molecular weight excluding hydrogens is 316 g/mol. The fourth-order valence-electron chi connectivity index (χ4n) is 2.50. The van der Waals surface area contributed by atoms with Crippen LogP contribution in [-0.2, 0) is 10.0 Å². The minimum Gasteiger partial charge on any atom is -0.486 e. The van der Waals surface area contributed by atoms with E-state index in [1.165, 1.54) is 4.31 Å². The predicted octanol–water partition coefficient (Wildman–Crippen LogP) is 0.862. The number of hydrogen-bond donors (Lipinski definition) is 1. The zero-order valence-corrected chi connectivity index (χ0v) is 13.4. The van der Waals surface area contributed by atoms with Gasteiger partial charge in [-0.1, -0.05) is 0 Å². The van der Waals surface area contributed by atoms with Gasteiger partial charge in [-0.15, -0.1) is 12.4 Å². The lowest BCUT2D eigenvalue weighted by molar-refractivity contribution is 0.171. The number of nitrogens with one attached hydrogen (secondary N) is 1. The molecule has 0 aliphatic carbocycles. The van der Waals surface area contributed by atoms with Gasteiger partial charge in [-0.2, -0.15) is 4.31 Å². The number of hydrogen-bond acceptors (Lipinski definition) is 5. The molecule has 1 aromatic carbocycles. The van der Waals surface area contributed by atoms with Crippen LogP contribution in [0.15, 0.2) is 23.1 Å².